The first-order valence-corrected chi connectivity index (χ1v) is 7.31. The highest BCUT2D eigenvalue weighted by molar-refractivity contribution is 9.10. The minimum atomic E-state index is 0.619. The van der Waals surface area contributed by atoms with Crippen LogP contribution in [0.3, 0.4) is 0 Å². The van der Waals surface area contributed by atoms with Crippen LogP contribution in [0.1, 0.15) is 39.0 Å². The number of nitrogen functional groups attached to an aromatic ring is 1. The molecule has 0 bridgehead atoms. The first-order chi connectivity index (χ1) is 8.20. The van der Waals surface area contributed by atoms with Gasteiger partial charge in [-0.05, 0) is 52.9 Å². The molecule has 1 aliphatic rings. The largest absolute Gasteiger partial charge is 0.399 e. The van der Waals surface area contributed by atoms with Crippen molar-refractivity contribution < 1.29 is 0 Å². The van der Waals surface area contributed by atoms with Crippen LogP contribution in [0.25, 0.3) is 0 Å². The molecule has 17 heavy (non-hydrogen) atoms. The third-order valence-corrected chi connectivity index (χ3v) is 4.42. The first kappa shape index (κ1) is 12.7. The standard InChI is InChI=1S/C14H21BrN2/c1-2-10-5-3-4-6-13(10)17-14-8-7-11(16)9-12(14)15/h7-10,13,17H,2-6,16H2,1H3. The maximum Gasteiger partial charge on any atom is 0.0488 e. The molecular formula is C14H21BrN2. The van der Waals surface area contributed by atoms with E-state index in [0.717, 1.165) is 16.1 Å². The Balaban J connectivity index is 2.08. The van der Waals surface area contributed by atoms with E-state index in [2.05, 4.69) is 34.2 Å². The van der Waals surface area contributed by atoms with Gasteiger partial charge in [0.2, 0.25) is 0 Å². The molecule has 0 spiro atoms. The normalized spacial score (nSPS) is 24.6. The van der Waals surface area contributed by atoms with E-state index in [1.54, 1.807) is 0 Å². The molecule has 2 atom stereocenters. The Kier molecular flexibility index (Phi) is 4.32. The molecule has 1 saturated carbocycles. The Bertz CT molecular complexity index is 378. The molecule has 1 aromatic rings. The van der Waals surface area contributed by atoms with E-state index in [4.69, 9.17) is 5.73 Å². The average molecular weight is 297 g/mol. The number of nitrogens with two attached hydrogens (primary N) is 1. The molecule has 3 N–H and O–H groups in total. The zero-order valence-corrected chi connectivity index (χ0v) is 12.0. The summed E-state index contributed by atoms with van der Waals surface area (Å²) in [6.45, 7) is 2.29. The molecule has 0 amide bonds. The lowest BCUT2D eigenvalue weighted by Gasteiger charge is -2.32. The number of rotatable bonds is 3. The molecule has 2 rings (SSSR count). The van der Waals surface area contributed by atoms with Gasteiger partial charge in [0.05, 0.1) is 0 Å². The highest BCUT2D eigenvalue weighted by Gasteiger charge is 2.23. The Morgan fingerprint density at radius 1 is 1.35 bits per heavy atom. The Labute approximate surface area is 112 Å². The Morgan fingerprint density at radius 2 is 2.12 bits per heavy atom. The second-order valence-corrected chi connectivity index (χ2v) is 5.80. The lowest BCUT2D eigenvalue weighted by molar-refractivity contribution is 0.317. The molecule has 0 aromatic heterocycles. The number of anilines is 2. The molecule has 0 saturated heterocycles. The molecule has 0 radical (unpaired) electrons. The van der Waals surface area contributed by atoms with Crippen LogP contribution in [-0.2, 0) is 0 Å². The summed E-state index contributed by atoms with van der Waals surface area (Å²) in [5.41, 5.74) is 7.73. The molecule has 1 aromatic carbocycles. The second kappa shape index (κ2) is 5.76. The topological polar surface area (TPSA) is 38.0 Å². The third-order valence-electron chi connectivity index (χ3n) is 3.77. The molecule has 2 nitrogen and oxygen atoms in total. The van der Waals surface area contributed by atoms with Crippen molar-refractivity contribution in [2.45, 2.75) is 45.1 Å². The van der Waals surface area contributed by atoms with Crippen LogP contribution in [0.15, 0.2) is 22.7 Å². The Hall–Kier alpha value is -0.700. The summed E-state index contributed by atoms with van der Waals surface area (Å²) in [5.74, 6) is 0.813. The summed E-state index contributed by atoms with van der Waals surface area (Å²) in [5, 5.41) is 3.67. The highest BCUT2D eigenvalue weighted by Crippen LogP contribution is 2.32. The van der Waals surface area contributed by atoms with Gasteiger partial charge in [-0.3, -0.25) is 0 Å². The lowest BCUT2D eigenvalue weighted by atomic mass is 9.83. The summed E-state index contributed by atoms with van der Waals surface area (Å²) < 4.78 is 1.07. The smallest absolute Gasteiger partial charge is 0.0488 e. The Morgan fingerprint density at radius 3 is 2.82 bits per heavy atom. The van der Waals surface area contributed by atoms with Crippen molar-refractivity contribution in [3.05, 3.63) is 22.7 Å². The number of hydrogen-bond acceptors (Lipinski definition) is 2. The van der Waals surface area contributed by atoms with E-state index in [9.17, 15) is 0 Å². The fourth-order valence-electron chi connectivity index (χ4n) is 2.73. The highest BCUT2D eigenvalue weighted by atomic mass is 79.9. The van der Waals surface area contributed by atoms with Gasteiger partial charge in [-0.15, -0.1) is 0 Å². The van der Waals surface area contributed by atoms with Crippen molar-refractivity contribution in [2.24, 2.45) is 5.92 Å². The molecule has 94 valence electrons. The van der Waals surface area contributed by atoms with Crippen molar-refractivity contribution in [1.29, 1.82) is 0 Å². The molecule has 2 unspecified atom stereocenters. The van der Waals surface area contributed by atoms with Crippen LogP contribution in [-0.4, -0.2) is 6.04 Å². The number of hydrogen-bond donors (Lipinski definition) is 2. The van der Waals surface area contributed by atoms with Crippen molar-refractivity contribution >= 4 is 27.3 Å². The second-order valence-electron chi connectivity index (χ2n) is 4.94. The van der Waals surface area contributed by atoms with Crippen LogP contribution in [0.2, 0.25) is 0 Å². The molecular weight excluding hydrogens is 276 g/mol. The van der Waals surface area contributed by atoms with Gasteiger partial charge < -0.3 is 11.1 Å². The average Bonchev–Trinajstić information content (AvgIpc) is 2.33. The van der Waals surface area contributed by atoms with Gasteiger partial charge in [0.1, 0.15) is 0 Å². The first-order valence-electron chi connectivity index (χ1n) is 6.52. The van der Waals surface area contributed by atoms with Crippen molar-refractivity contribution in [1.82, 2.24) is 0 Å². The SMILES string of the molecule is CCC1CCCCC1Nc1ccc(N)cc1Br. The predicted molar refractivity (Wildman–Crippen MR) is 78.2 cm³/mol. The van der Waals surface area contributed by atoms with E-state index in [-0.39, 0.29) is 0 Å². The van der Waals surface area contributed by atoms with Crippen molar-refractivity contribution in [2.75, 3.05) is 11.1 Å². The molecule has 3 heteroatoms. The molecule has 1 aliphatic carbocycles. The van der Waals surface area contributed by atoms with Crippen LogP contribution in [0.4, 0.5) is 11.4 Å². The maximum absolute atomic E-state index is 5.76. The van der Waals surface area contributed by atoms with E-state index >= 15 is 0 Å². The quantitative estimate of drug-likeness (QED) is 0.811. The fraction of sp³-hybridized carbons (Fsp3) is 0.571. The number of halogens is 1. The summed E-state index contributed by atoms with van der Waals surface area (Å²) in [4.78, 5) is 0. The summed E-state index contributed by atoms with van der Waals surface area (Å²) in [6.07, 6.45) is 6.65. The predicted octanol–water partition coefficient (Wildman–Crippen LogP) is 4.41. The van der Waals surface area contributed by atoms with Gasteiger partial charge in [-0.2, -0.15) is 0 Å². The van der Waals surface area contributed by atoms with Gasteiger partial charge in [0, 0.05) is 21.9 Å². The number of benzene rings is 1. The van der Waals surface area contributed by atoms with Crippen molar-refractivity contribution in [3.8, 4) is 0 Å². The minimum Gasteiger partial charge on any atom is -0.399 e. The van der Waals surface area contributed by atoms with Gasteiger partial charge in [-0.1, -0.05) is 26.2 Å². The fourth-order valence-corrected chi connectivity index (χ4v) is 3.25. The summed E-state index contributed by atoms with van der Waals surface area (Å²) in [6, 6.07) is 6.61. The van der Waals surface area contributed by atoms with E-state index in [0.29, 0.717) is 6.04 Å². The van der Waals surface area contributed by atoms with Crippen LogP contribution in [0, 0.1) is 5.92 Å². The number of nitrogens with one attached hydrogen (secondary N) is 1. The summed E-state index contributed by atoms with van der Waals surface area (Å²) >= 11 is 3.57. The molecule has 1 fully saturated rings. The van der Waals surface area contributed by atoms with E-state index in [1.165, 1.54) is 37.8 Å². The van der Waals surface area contributed by atoms with E-state index < -0.39 is 0 Å². The molecule has 0 aliphatic heterocycles. The van der Waals surface area contributed by atoms with Crippen LogP contribution < -0.4 is 11.1 Å². The van der Waals surface area contributed by atoms with Gasteiger partial charge in [0.15, 0.2) is 0 Å². The zero-order chi connectivity index (χ0) is 12.3. The minimum absolute atomic E-state index is 0.619. The van der Waals surface area contributed by atoms with Gasteiger partial charge >= 0.3 is 0 Å². The maximum atomic E-state index is 5.76. The van der Waals surface area contributed by atoms with Gasteiger partial charge in [-0.25, -0.2) is 0 Å². The van der Waals surface area contributed by atoms with Gasteiger partial charge in [0.25, 0.3) is 0 Å². The lowest BCUT2D eigenvalue weighted by Crippen LogP contribution is -2.31. The molecule has 0 heterocycles. The van der Waals surface area contributed by atoms with Crippen LogP contribution in [0.5, 0.6) is 0 Å². The monoisotopic (exact) mass is 296 g/mol. The third kappa shape index (κ3) is 3.15. The van der Waals surface area contributed by atoms with Crippen LogP contribution >= 0.6 is 15.9 Å². The van der Waals surface area contributed by atoms with E-state index in [1.807, 2.05) is 12.1 Å². The zero-order valence-electron chi connectivity index (χ0n) is 10.4. The van der Waals surface area contributed by atoms with Crippen molar-refractivity contribution in [3.63, 3.8) is 0 Å². The summed E-state index contributed by atoms with van der Waals surface area (Å²) in [7, 11) is 0.